The number of nitrogens with one attached hydrogen (secondary N) is 1. The molecular formula is C29H43N3O5S. The summed E-state index contributed by atoms with van der Waals surface area (Å²) < 4.78 is 31.9. The third-order valence-electron chi connectivity index (χ3n) is 6.07. The number of amides is 2. The highest BCUT2D eigenvalue weighted by atomic mass is 32.2. The molecular weight excluding hydrogens is 502 g/mol. The van der Waals surface area contributed by atoms with Gasteiger partial charge >= 0.3 is 0 Å². The average molecular weight is 546 g/mol. The largest absolute Gasteiger partial charge is 0.494 e. The van der Waals surface area contributed by atoms with Crippen LogP contribution in [0.1, 0.15) is 65.0 Å². The van der Waals surface area contributed by atoms with Crippen molar-refractivity contribution in [3.63, 3.8) is 0 Å². The summed E-state index contributed by atoms with van der Waals surface area (Å²) in [6.45, 7) is 12.4. The Hall–Kier alpha value is -3.07. The standard InChI is InChI=1S/C29H43N3O5S/c1-8-26(28(34)30-29(4,5)6)31(21-23-14-11-10-13-22(23)3)27(33)15-12-20-32(38(7,35)36)24-16-18-25(19-17-24)37-9-2/h10-11,13-14,16-19,26H,8-9,12,15,20-21H2,1-7H3,(H,30,34)/t26-/m1/s1. The van der Waals surface area contributed by atoms with Gasteiger partial charge in [0.15, 0.2) is 0 Å². The van der Waals surface area contributed by atoms with Crippen molar-refractivity contribution in [2.45, 2.75) is 78.9 Å². The number of carbonyl (C=O) groups excluding carboxylic acids is 2. The Morgan fingerprint density at radius 1 is 1.03 bits per heavy atom. The van der Waals surface area contributed by atoms with Gasteiger partial charge in [-0.2, -0.15) is 0 Å². The number of ether oxygens (including phenoxy) is 1. The average Bonchev–Trinajstić information content (AvgIpc) is 2.82. The van der Waals surface area contributed by atoms with Crippen LogP contribution in [0, 0.1) is 6.92 Å². The summed E-state index contributed by atoms with van der Waals surface area (Å²) in [7, 11) is -3.57. The fourth-order valence-corrected chi connectivity index (χ4v) is 5.19. The van der Waals surface area contributed by atoms with E-state index in [4.69, 9.17) is 4.74 Å². The molecule has 2 aromatic carbocycles. The van der Waals surface area contributed by atoms with Crippen molar-refractivity contribution in [1.82, 2.24) is 10.2 Å². The fourth-order valence-electron chi connectivity index (χ4n) is 4.22. The molecule has 0 heterocycles. The Balaban J connectivity index is 2.23. The molecule has 0 fully saturated rings. The number of sulfonamides is 1. The molecule has 38 heavy (non-hydrogen) atoms. The Morgan fingerprint density at radius 3 is 2.18 bits per heavy atom. The Kier molecular flexibility index (Phi) is 11.2. The summed E-state index contributed by atoms with van der Waals surface area (Å²) >= 11 is 0. The van der Waals surface area contributed by atoms with Gasteiger partial charge in [-0.05, 0) is 82.9 Å². The predicted octanol–water partition coefficient (Wildman–Crippen LogP) is 4.66. The molecule has 0 aliphatic carbocycles. The molecule has 1 N–H and O–H groups in total. The molecule has 0 aliphatic heterocycles. The SMILES string of the molecule is CCOc1ccc(N(CCCC(=O)N(Cc2ccccc2C)[C@H](CC)C(=O)NC(C)(C)C)S(C)(=O)=O)cc1. The van der Waals surface area contributed by atoms with Gasteiger partial charge in [0.1, 0.15) is 11.8 Å². The lowest BCUT2D eigenvalue weighted by molar-refractivity contribution is -0.142. The lowest BCUT2D eigenvalue weighted by Crippen LogP contribution is -2.53. The van der Waals surface area contributed by atoms with Gasteiger partial charge in [-0.1, -0.05) is 31.2 Å². The highest BCUT2D eigenvalue weighted by Crippen LogP contribution is 2.23. The minimum Gasteiger partial charge on any atom is -0.494 e. The molecule has 2 amide bonds. The maximum atomic E-state index is 13.6. The first-order valence-corrected chi connectivity index (χ1v) is 15.0. The maximum Gasteiger partial charge on any atom is 0.243 e. The summed E-state index contributed by atoms with van der Waals surface area (Å²) in [4.78, 5) is 28.4. The summed E-state index contributed by atoms with van der Waals surface area (Å²) in [5.41, 5.74) is 2.08. The van der Waals surface area contributed by atoms with Crippen molar-refractivity contribution < 1.29 is 22.7 Å². The molecule has 1 atom stereocenters. The predicted molar refractivity (Wildman–Crippen MR) is 153 cm³/mol. The minimum atomic E-state index is -3.57. The molecule has 210 valence electrons. The van der Waals surface area contributed by atoms with Crippen LogP contribution in [0.2, 0.25) is 0 Å². The molecule has 9 heteroatoms. The number of nitrogens with zero attached hydrogens (tertiary/aromatic N) is 2. The number of anilines is 1. The lowest BCUT2D eigenvalue weighted by atomic mass is 10.0. The first-order valence-electron chi connectivity index (χ1n) is 13.1. The van der Waals surface area contributed by atoms with Crippen LogP contribution in [0.15, 0.2) is 48.5 Å². The van der Waals surface area contributed by atoms with Gasteiger partial charge in [-0.25, -0.2) is 8.42 Å². The van der Waals surface area contributed by atoms with Crippen molar-refractivity contribution >= 4 is 27.5 Å². The van der Waals surface area contributed by atoms with Gasteiger partial charge in [0, 0.05) is 25.0 Å². The first kappa shape index (κ1) is 31.1. The molecule has 0 aliphatic rings. The number of hydrogen-bond acceptors (Lipinski definition) is 5. The first-order chi connectivity index (χ1) is 17.8. The number of carbonyl (C=O) groups is 2. The Morgan fingerprint density at radius 2 is 1.66 bits per heavy atom. The Labute approximate surface area is 228 Å². The highest BCUT2D eigenvalue weighted by Gasteiger charge is 2.31. The van der Waals surface area contributed by atoms with E-state index in [9.17, 15) is 18.0 Å². The summed E-state index contributed by atoms with van der Waals surface area (Å²) in [5.74, 6) is 0.268. The van der Waals surface area contributed by atoms with Crippen molar-refractivity contribution in [3.8, 4) is 5.75 Å². The van der Waals surface area contributed by atoms with E-state index in [-0.39, 0.29) is 24.8 Å². The van der Waals surface area contributed by atoms with Crippen molar-refractivity contribution in [2.75, 3.05) is 23.7 Å². The van der Waals surface area contributed by atoms with Crippen LogP contribution in [0.4, 0.5) is 5.69 Å². The molecule has 0 saturated carbocycles. The number of hydrogen-bond donors (Lipinski definition) is 1. The molecule has 0 bridgehead atoms. The number of aryl methyl sites for hydroxylation is 1. The molecule has 0 radical (unpaired) electrons. The van der Waals surface area contributed by atoms with Gasteiger partial charge in [0.25, 0.3) is 0 Å². The van der Waals surface area contributed by atoms with Crippen LogP contribution in [0.25, 0.3) is 0 Å². The van der Waals surface area contributed by atoms with E-state index in [2.05, 4.69) is 5.32 Å². The third kappa shape index (κ3) is 9.35. The second-order valence-electron chi connectivity index (χ2n) is 10.5. The molecule has 0 unspecified atom stereocenters. The van der Waals surface area contributed by atoms with Crippen LogP contribution in [0.3, 0.4) is 0 Å². The molecule has 0 saturated heterocycles. The summed E-state index contributed by atoms with van der Waals surface area (Å²) in [5, 5.41) is 3.00. The molecule has 2 aromatic rings. The summed E-state index contributed by atoms with van der Waals surface area (Å²) in [6.07, 6.45) is 2.02. The third-order valence-corrected chi connectivity index (χ3v) is 7.27. The van der Waals surface area contributed by atoms with Crippen LogP contribution in [-0.4, -0.2) is 56.1 Å². The smallest absolute Gasteiger partial charge is 0.243 e. The molecule has 8 nitrogen and oxygen atoms in total. The van der Waals surface area contributed by atoms with Gasteiger partial charge in [-0.3, -0.25) is 13.9 Å². The zero-order chi connectivity index (χ0) is 28.5. The number of rotatable bonds is 13. The second-order valence-corrected chi connectivity index (χ2v) is 12.4. The van der Waals surface area contributed by atoms with E-state index in [0.29, 0.717) is 37.4 Å². The van der Waals surface area contributed by atoms with E-state index in [0.717, 1.165) is 17.4 Å². The van der Waals surface area contributed by atoms with E-state index in [1.807, 2.05) is 65.8 Å². The summed E-state index contributed by atoms with van der Waals surface area (Å²) in [6, 6.07) is 14.0. The quantitative estimate of drug-likeness (QED) is 0.395. The maximum absolute atomic E-state index is 13.6. The highest BCUT2D eigenvalue weighted by molar-refractivity contribution is 7.92. The van der Waals surface area contributed by atoms with Gasteiger partial charge in [0.2, 0.25) is 21.8 Å². The van der Waals surface area contributed by atoms with Crippen molar-refractivity contribution in [1.29, 1.82) is 0 Å². The number of benzene rings is 2. The normalized spacial score (nSPS) is 12.5. The van der Waals surface area contributed by atoms with Crippen LogP contribution < -0.4 is 14.4 Å². The van der Waals surface area contributed by atoms with Crippen LogP contribution in [0.5, 0.6) is 5.75 Å². The second kappa shape index (κ2) is 13.6. The monoisotopic (exact) mass is 545 g/mol. The fraction of sp³-hybridized carbons (Fsp3) is 0.517. The zero-order valence-corrected chi connectivity index (χ0v) is 24.6. The Bertz CT molecular complexity index is 1170. The zero-order valence-electron chi connectivity index (χ0n) is 23.8. The van der Waals surface area contributed by atoms with Crippen LogP contribution >= 0.6 is 0 Å². The van der Waals surface area contributed by atoms with E-state index >= 15 is 0 Å². The van der Waals surface area contributed by atoms with Crippen molar-refractivity contribution in [3.05, 3.63) is 59.7 Å². The molecule has 2 rings (SSSR count). The van der Waals surface area contributed by atoms with Gasteiger partial charge in [0.05, 0.1) is 18.6 Å². The topological polar surface area (TPSA) is 96.0 Å². The lowest BCUT2D eigenvalue weighted by Gasteiger charge is -2.33. The minimum absolute atomic E-state index is 0.105. The van der Waals surface area contributed by atoms with Crippen molar-refractivity contribution in [2.24, 2.45) is 0 Å². The molecule has 0 aromatic heterocycles. The van der Waals surface area contributed by atoms with Gasteiger partial charge in [-0.15, -0.1) is 0 Å². The van der Waals surface area contributed by atoms with Gasteiger partial charge < -0.3 is 15.0 Å². The van der Waals surface area contributed by atoms with E-state index < -0.39 is 21.6 Å². The van der Waals surface area contributed by atoms with E-state index in [1.165, 1.54) is 4.31 Å². The molecule has 0 spiro atoms. The van der Waals surface area contributed by atoms with Crippen LogP contribution in [-0.2, 0) is 26.2 Å². The van der Waals surface area contributed by atoms with E-state index in [1.54, 1.807) is 29.2 Å².